The van der Waals surface area contributed by atoms with Gasteiger partial charge in [-0.05, 0) is 19.8 Å². The molecule has 1 aliphatic heterocycles. The second-order valence-corrected chi connectivity index (χ2v) is 5.74. The standard InChI is InChI=1S/C9H15N3O2S/c1-8-9(7-10-11(8)2)15(13,14)12-5-3-4-6-12/h7H,3-6H2,1-2H3. The summed E-state index contributed by atoms with van der Waals surface area (Å²) in [6.07, 6.45) is 3.35. The lowest BCUT2D eigenvalue weighted by atomic mass is 10.4. The second kappa shape index (κ2) is 3.61. The highest BCUT2D eigenvalue weighted by Gasteiger charge is 2.29. The molecule has 0 radical (unpaired) electrons. The smallest absolute Gasteiger partial charge is 0.246 e. The van der Waals surface area contributed by atoms with Gasteiger partial charge in [-0.3, -0.25) is 4.68 Å². The molecule has 15 heavy (non-hydrogen) atoms. The largest absolute Gasteiger partial charge is 0.272 e. The average Bonchev–Trinajstić information content (AvgIpc) is 2.78. The molecule has 1 aromatic heterocycles. The van der Waals surface area contributed by atoms with Gasteiger partial charge in [0.15, 0.2) is 0 Å². The molecule has 84 valence electrons. The summed E-state index contributed by atoms with van der Waals surface area (Å²) in [5.41, 5.74) is 0.696. The van der Waals surface area contributed by atoms with Crippen LogP contribution >= 0.6 is 0 Å². The Hall–Kier alpha value is -0.880. The van der Waals surface area contributed by atoms with Gasteiger partial charge in [0.25, 0.3) is 0 Å². The molecule has 0 aromatic carbocycles. The number of hydrogen-bond donors (Lipinski definition) is 0. The van der Waals surface area contributed by atoms with Gasteiger partial charge in [-0.1, -0.05) is 0 Å². The van der Waals surface area contributed by atoms with Gasteiger partial charge in [-0.25, -0.2) is 8.42 Å². The summed E-state index contributed by atoms with van der Waals surface area (Å²) in [6.45, 7) is 3.04. The van der Waals surface area contributed by atoms with Crippen molar-refractivity contribution >= 4 is 10.0 Å². The van der Waals surface area contributed by atoms with Crippen LogP contribution in [0.25, 0.3) is 0 Å². The second-order valence-electron chi connectivity index (χ2n) is 3.83. The molecule has 0 unspecified atom stereocenters. The fourth-order valence-electron chi connectivity index (χ4n) is 1.80. The number of sulfonamides is 1. The van der Waals surface area contributed by atoms with E-state index in [4.69, 9.17) is 0 Å². The van der Waals surface area contributed by atoms with E-state index in [0.29, 0.717) is 23.7 Å². The fourth-order valence-corrected chi connectivity index (χ4v) is 3.50. The highest BCUT2D eigenvalue weighted by molar-refractivity contribution is 7.89. The van der Waals surface area contributed by atoms with Crippen molar-refractivity contribution in [1.29, 1.82) is 0 Å². The third kappa shape index (κ3) is 1.68. The van der Waals surface area contributed by atoms with Crippen LogP contribution in [0, 0.1) is 6.92 Å². The molecular formula is C9H15N3O2S. The zero-order chi connectivity index (χ0) is 11.1. The van der Waals surface area contributed by atoms with Gasteiger partial charge in [0.2, 0.25) is 10.0 Å². The van der Waals surface area contributed by atoms with E-state index < -0.39 is 10.0 Å². The summed E-state index contributed by atoms with van der Waals surface area (Å²) < 4.78 is 27.4. The van der Waals surface area contributed by atoms with E-state index in [1.807, 2.05) is 0 Å². The molecule has 0 spiro atoms. The quantitative estimate of drug-likeness (QED) is 0.742. The molecule has 0 saturated carbocycles. The summed E-state index contributed by atoms with van der Waals surface area (Å²) in [4.78, 5) is 0.340. The van der Waals surface area contributed by atoms with Crippen molar-refractivity contribution in [2.45, 2.75) is 24.7 Å². The average molecular weight is 229 g/mol. The van der Waals surface area contributed by atoms with Crippen molar-refractivity contribution in [3.05, 3.63) is 11.9 Å². The molecule has 0 bridgehead atoms. The van der Waals surface area contributed by atoms with Gasteiger partial charge in [-0.15, -0.1) is 0 Å². The van der Waals surface area contributed by atoms with Crippen LogP contribution in [0.3, 0.4) is 0 Å². The van der Waals surface area contributed by atoms with E-state index in [9.17, 15) is 8.42 Å². The van der Waals surface area contributed by atoms with E-state index >= 15 is 0 Å². The Labute approximate surface area is 89.7 Å². The fraction of sp³-hybridized carbons (Fsp3) is 0.667. The molecule has 0 amide bonds. The molecule has 0 aliphatic carbocycles. The molecule has 2 rings (SSSR count). The van der Waals surface area contributed by atoms with Gasteiger partial charge >= 0.3 is 0 Å². The van der Waals surface area contributed by atoms with Crippen molar-refractivity contribution in [1.82, 2.24) is 14.1 Å². The van der Waals surface area contributed by atoms with E-state index in [-0.39, 0.29) is 0 Å². The first-order valence-electron chi connectivity index (χ1n) is 5.02. The minimum atomic E-state index is -3.30. The molecule has 1 aromatic rings. The first-order chi connectivity index (χ1) is 7.03. The molecule has 2 heterocycles. The van der Waals surface area contributed by atoms with Gasteiger partial charge < -0.3 is 0 Å². The maximum Gasteiger partial charge on any atom is 0.246 e. The lowest BCUT2D eigenvalue weighted by molar-refractivity contribution is 0.477. The van der Waals surface area contributed by atoms with Crippen molar-refractivity contribution in [2.24, 2.45) is 7.05 Å². The number of aryl methyl sites for hydroxylation is 1. The Morgan fingerprint density at radius 2 is 1.93 bits per heavy atom. The topological polar surface area (TPSA) is 55.2 Å². The zero-order valence-corrected chi connectivity index (χ0v) is 9.79. The maximum absolute atomic E-state index is 12.1. The van der Waals surface area contributed by atoms with Crippen molar-refractivity contribution in [3.8, 4) is 0 Å². The lowest BCUT2D eigenvalue weighted by Crippen LogP contribution is -2.28. The van der Waals surface area contributed by atoms with Gasteiger partial charge in [0, 0.05) is 20.1 Å². The maximum atomic E-state index is 12.1. The van der Waals surface area contributed by atoms with Crippen LogP contribution in [-0.2, 0) is 17.1 Å². The molecular weight excluding hydrogens is 214 g/mol. The highest BCUT2D eigenvalue weighted by atomic mass is 32.2. The number of nitrogens with zero attached hydrogens (tertiary/aromatic N) is 3. The first-order valence-corrected chi connectivity index (χ1v) is 6.46. The molecule has 1 saturated heterocycles. The minimum absolute atomic E-state index is 0.340. The number of aromatic nitrogens is 2. The minimum Gasteiger partial charge on any atom is -0.272 e. The van der Waals surface area contributed by atoms with Crippen LogP contribution in [0.15, 0.2) is 11.1 Å². The summed E-state index contributed by atoms with van der Waals surface area (Å²) in [6, 6.07) is 0. The van der Waals surface area contributed by atoms with E-state index in [1.54, 1.807) is 18.7 Å². The van der Waals surface area contributed by atoms with Crippen molar-refractivity contribution in [3.63, 3.8) is 0 Å². The SMILES string of the molecule is Cc1c(S(=O)(=O)N2CCCC2)cnn1C. The molecule has 1 fully saturated rings. The van der Waals surface area contributed by atoms with Crippen LogP contribution in [0.1, 0.15) is 18.5 Å². The van der Waals surface area contributed by atoms with Crippen molar-refractivity contribution in [2.75, 3.05) is 13.1 Å². The van der Waals surface area contributed by atoms with Gasteiger partial charge in [0.1, 0.15) is 4.90 Å². The summed E-state index contributed by atoms with van der Waals surface area (Å²) in [7, 11) is -1.55. The Balaban J connectivity index is 2.41. The molecule has 6 heteroatoms. The summed E-state index contributed by atoms with van der Waals surface area (Å²) in [5.74, 6) is 0. The van der Waals surface area contributed by atoms with Gasteiger partial charge in [-0.2, -0.15) is 9.40 Å². The van der Waals surface area contributed by atoms with E-state index in [1.165, 1.54) is 10.5 Å². The summed E-state index contributed by atoms with van der Waals surface area (Å²) >= 11 is 0. The first kappa shape index (κ1) is 10.6. The Bertz CT molecular complexity index is 458. The Morgan fingerprint density at radius 1 is 1.33 bits per heavy atom. The Morgan fingerprint density at radius 3 is 2.40 bits per heavy atom. The lowest BCUT2D eigenvalue weighted by Gasteiger charge is -2.14. The van der Waals surface area contributed by atoms with E-state index in [2.05, 4.69) is 5.10 Å². The molecule has 0 atom stereocenters. The van der Waals surface area contributed by atoms with Crippen LogP contribution < -0.4 is 0 Å². The molecule has 5 nitrogen and oxygen atoms in total. The molecule has 1 aliphatic rings. The van der Waals surface area contributed by atoms with Crippen molar-refractivity contribution < 1.29 is 8.42 Å². The predicted octanol–water partition coefficient (Wildman–Crippen LogP) is 0.513. The van der Waals surface area contributed by atoms with Crippen LogP contribution in [0.4, 0.5) is 0 Å². The van der Waals surface area contributed by atoms with Crippen LogP contribution in [0.5, 0.6) is 0 Å². The van der Waals surface area contributed by atoms with Gasteiger partial charge in [0.05, 0.1) is 11.9 Å². The third-order valence-corrected chi connectivity index (χ3v) is 4.87. The number of hydrogen-bond acceptors (Lipinski definition) is 3. The predicted molar refractivity (Wildman–Crippen MR) is 55.9 cm³/mol. The zero-order valence-electron chi connectivity index (χ0n) is 8.97. The normalized spacial score (nSPS) is 18.5. The summed E-state index contributed by atoms with van der Waals surface area (Å²) in [5, 5.41) is 3.96. The molecule has 0 N–H and O–H groups in total. The third-order valence-electron chi connectivity index (χ3n) is 2.87. The Kier molecular flexibility index (Phi) is 2.56. The highest BCUT2D eigenvalue weighted by Crippen LogP contribution is 2.22. The number of rotatable bonds is 2. The monoisotopic (exact) mass is 229 g/mol. The van der Waals surface area contributed by atoms with E-state index in [0.717, 1.165) is 12.8 Å². The van der Waals surface area contributed by atoms with Crippen LogP contribution in [0.2, 0.25) is 0 Å². The van der Waals surface area contributed by atoms with Crippen LogP contribution in [-0.4, -0.2) is 35.6 Å².